The van der Waals surface area contributed by atoms with Crippen molar-refractivity contribution < 1.29 is 14.2 Å². The number of ether oxygens (including phenoxy) is 3. The molecular formula is C25H37BrO3. The average Bonchev–Trinajstić information content (AvgIpc) is 2.76. The van der Waals surface area contributed by atoms with Crippen molar-refractivity contribution >= 4 is 26.7 Å². The summed E-state index contributed by atoms with van der Waals surface area (Å²) in [5, 5.41) is 3.23. The van der Waals surface area contributed by atoms with Gasteiger partial charge in [0.05, 0.1) is 20.3 Å². The Morgan fingerprint density at radius 2 is 1.66 bits per heavy atom. The fraction of sp³-hybridized carbons (Fsp3) is 0.600. The minimum Gasteiger partial charge on any atom is -0.493 e. The van der Waals surface area contributed by atoms with E-state index in [1.165, 1.54) is 38.5 Å². The van der Waals surface area contributed by atoms with E-state index in [0.29, 0.717) is 5.92 Å². The molecule has 0 aliphatic heterocycles. The zero-order valence-electron chi connectivity index (χ0n) is 18.3. The summed E-state index contributed by atoms with van der Waals surface area (Å²) in [5.74, 6) is 3.04. The predicted molar refractivity (Wildman–Crippen MR) is 127 cm³/mol. The van der Waals surface area contributed by atoms with Gasteiger partial charge in [-0.05, 0) is 25.2 Å². The van der Waals surface area contributed by atoms with Crippen molar-refractivity contribution in [3.8, 4) is 17.2 Å². The van der Waals surface area contributed by atoms with Gasteiger partial charge in [0.25, 0.3) is 0 Å². The van der Waals surface area contributed by atoms with Gasteiger partial charge in [0.15, 0.2) is 11.5 Å². The van der Waals surface area contributed by atoms with Crippen LogP contribution in [0.1, 0.15) is 65.2 Å². The first-order valence-corrected chi connectivity index (χ1v) is 12.3. The molecule has 0 aliphatic carbocycles. The van der Waals surface area contributed by atoms with Crippen molar-refractivity contribution in [2.24, 2.45) is 5.92 Å². The topological polar surface area (TPSA) is 27.7 Å². The molecule has 0 saturated heterocycles. The molecule has 29 heavy (non-hydrogen) atoms. The number of hydrogen-bond donors (Lipinski definition) is 0. The lowest BCUT2D eigenvalue weighted by molar-refractivity contribution is 0.226. The molecule has 0 bridgehead atoms. The van der Waals surface area contributed by atoms with Gasteiger partial charge in [-0.3, -0.25) is 0 Å². The van der Waals surface area contributed by atoms with E-state index in [1.54, 1.807) is 7.11 Å². The molecule has 4 heteroatoms. The molecule has 2 aromatic carbocycles. The van der Waals surface area contributed by atoms with Crippen LogP contribution in [0.25, 0.3) is 10.8 Å². The third-order valence-corrected chi connectivity index (χ3v) is 6.00. The van der Waals surface area contributed by atoms with E-state index in [9.17, 15) is 0 Å². The van der Waals surface area contributed by atoms with Crippen LogP contribution < -0.4 is 14.2 Å². The highest BCUT2D eigenvalue weighted by Crippen LogP contribution is 2.42. The molecule has 0 fully saturated rings. The maximum Gasteiger partial charge on any atom is 0.169 e. The number of methoxy groups -OCH3 is 1. The quantitative estimate of drug-likeness (QED) is 0.199. The van der Waals surface area contributed by atoms with Gasteiger partial charge in [0, 0.05) is 22.2 Å². The van der Waals surface area contributed by atoms with E-state index >= 15 is 0 Å². The second-order valence-corrected chi connectivity index (χ2v) is 8.42. The van der Waals surface area contributed by atoms with Gasteiger partial charge in [0.1, 0.15) is 5.75 Å². The van der Waals surface area contributed by atoms with Crippen LogP contribution >= 0.6 is 15.9 Å². The predicted octanol–water partition coefficient (Wildman–Crippen LogP) is 7.78. The van der Waals surface area contributed by atoms with Gasteiger partial charge in [-0.25, -0.2) is 0 Å². The third kappa shape index (κ3) is 7.40. The molecule has 0 aliphatic rings. The second-order valence-electron chi connectivity index (χ2n) is 7.63. The summed E-state index contributed by atoms with van der Waals surface area (Å²) in [7, 11) is 1.70. The zero-order chi connectivity index (χ0) is 20.9. The van der Waals surface area contributed by atoms with Crippen LogP contribution in [-0.2, 0) is 0 Å². The summed E-state index contributed by atoms with van der Waals surface area (Å²) in [5.41, 5.74) is 0. The molecule has 2 aromatic rings. The molecule has 0 radical (unpaired) electrons. The van der Waals surface area contributed by atoms with Crippen LogP contribution in [0.2, 0.25) is 0 Å². The first-order valence-electron chi connectivity index (χ1n) is 11.2. The molecule has 3 nitrogen and oxygen atoms in total. The fourth-order valence-electron chi connectivity index (χ4n) is 3.54. The van der Waals surface area contributed by atoms with Crippen molar-refractivity contribution in [3.05, 3.63) is 30.3 Å². The van der Waals surface area contributed by atoms with Gasteiger partial charge in [-0.1, -0.05) is 86.1 Å². The Morgan fingerprint density at radius 3 is 2.34 bits per heavy atom. The van der Waals surface area contributed by atoms with E-state index in [-0.39, 0.29) is 0 Å². The first-order chi connectivity index (χ1) is 14.2. The van der Waals surface area contributed by atoms with Crippen molar-refractivity contribution in [1.29, 1.82) is 0 Å². The molecule has 1 unspecified atom stereocenters. The third-order valence-electron chi connectivity index (χ3n) is 5.44. The van der Waals surface area contributed by atoms with Crippen molar-refractivity contribution in [3.63, 3.8) is 0 Å². The summed E-state index contributed by atoms with van der Waals surface area (Å²) in [6.45, 7) is 5.94. The Labute approximate surface area is 185 Å². The monoisotopic (exact) mass is 464 g/mol. The van der Waals surface area contributed by atoms with Gasteiger partial charge < -0.3 is 14.2 Å². The Kier molecular flexibility index (Phi) is 11.3. The lowest BCUT2D eigenvalue weighted by Crippen LogP contribution is -2.12. The van der Waals surface area contributed by atoms with Crippen molar-refractivity contribution in [2.45, 2.75) is 65.2 Å². The van der Waals surface area contributed by atoms with Gasteiger partial charge in [-0.2, -0.15) is 0 Å². The Morgan fingerprint density at radius 1 is 0.897 bits per heavy atom. The highest BCUT2D eigenvalue weighted by molar-refractivity contribution is 9.09. The summed E-state index contributed by atoms with van der Waals surface area (Å²) in [4.78, 5) is 0. The SMILES string of the molecule is CCCCC(CC)COc1c(OC)cc(OCCCCCCBr)c2ccccc12. The van der Waals surface area contributed by atoms with Crippen LogP contribution in [0.15, 0.2) is 30.3 Å². The molecule has 0 aromatic heterocycles. The Bertz CT molecular complexity index is 717. The van der Waals surface area contributed by atoms with E-state index in [0.717, 1.165) is 59.4 Å². The fourth-order valence-corrected chi connectivity index (χ4v) is 3.94. The molecule has 0 heterocycles. The molecule has 162 valence electrons. The van der Waals surface area contributed by atoms with E-state index in [4.69, 9.17) is 14.2 Å². The van der Waals surface area contributed by atoms with Gasteiger partial charge >= 0.3 is 0 Å². The number of unbranched alkanes of at least 4 members (excludes halogenated alkanes) is 4. The summed E-state index contributed by atoms with van der Waals surface area (Å²) in [6, 6.07) is 10.3. The minimum absolute atomic E-state index is 0.578. The molecular weight excluding hydrogens is 428 g/mol. The highest BCUT2D eigenvalue weighted by Gasteiger charge is 2.16. The maximum absolute atomic E-state index is 6.33. The maximum atomic E-state index is 6.33. The first kappa shape index (κ1) is 23.9. The minimum atomic E-state index is 0.578. The summed E-state index contributed by atoms with van der Waals surface area (Å²) in [6.07, 6.45) is 9.55. The number of fused-ring (bicyclic) bond motifs is 1. The Balaban J connectivity index is 2.15. The molecule has 0 amide bonds. The van der Waals surface area contributed by atoms with Gasteiger partial charge in [-0.15, -0.1) is 0 Å². The van der Waals surface area contributed by atoms with Crippen LogP contribution in [0.5, 0.6) is 17.2 Å². The van der Waals surface area contributed by atoms with Crippen molar-refractivity contribution in [2.75, 3.05) is 25.7 Å². The molecule has 1 atom stereocenters. The standard InChI is InChI=1S/C25H37BrO3/c1-4-6-13-20(5-2)19-29-25-22-15-10-9-14-21(22)23(18-24(25)27-3)28-17-12-8-7-11-16-26/h9-10,14-15,18,20H,4-8,11-13,16-17,19H2,1-3H3. The van der Waals surface area contributed by atoms with Crippen LogP contribution in [0.4, 0.5) is 0 Å². The lowest BCUT2D eigenvalue weighted by Gasteiger charge is -2.20. The normalized spacial score (nSPS) is 12.1. The molecule has 0 saturated carbocycles. The smallest absolute Gasteiger partial charge is 0.169 e. The number of hydrogen-bond acceptors (Lipinski definition) is 3. The van der Waals surface area contributed by atoms with E-state index in [2.05, 4.69) is 48.0 Å². The van der Waals surface area contributed by atoms with Gasteiger partial charge in [0.2, 0.25) is 0 Å². The number of halogens is 1. The lowest BCUT2D eigenvalue weighted by atomic mass is 10.0. The second kappa shape index (κ2) is 13.7. The average molecular weight is 465 g/mol. The largest absolute Gasteiger partial charge is 0.493 e. The number of rotatable bonds is 15. The number of benzene rings is 2. The highest BCUT2D eigenvalue weighted by atomic mass is 79.9. The van der Waals surface area contributed by atoms with E-state index < -0.39 is 0 Å². The molecule has 2 rings (SSSR count). The molecule has 0 N–H and O–H groups in total. The summed E-state index contributed by atoms with van der Waals surface area (Å²) < 4.78 is 18.2. The van der Waals surface area contributed by atoms with E-state index in [1.807, 2.05) is 12.1 Å². The number of alkyl halides is 1. The van der Waals surface area contributed by atoms with Crippen LogP contribution in [0, 0.1) is 5.92 Å². The van der Waals surface area contributed by atoms with Crippen LogP contribution in [-0.4, -0.2) is 25.7 Å². The Hall–Kier alpha value is -1.42. The van der Waals surface area contributed by atoms with Crippen LogP contribution in [0.3, 0.4) is 0 Å². The molecule has 0 spiro atoms. The zero-order valence-corrected chi connectivity index (χ0v) is 19.9. The summed E-state index contributed by atoms with van der Waals surface area (Å²) >= 11 is 3.49. The van der Waals surface area contributed by atoms with Crippen molar-refractivity contribution in [1.82, 2.24) is 0 Å².